The van der Waals surface area contributed by atoms with Crippen LogP contribution in [0.3, 0.4) is 0 Å². The molecule has 0 aromatic heterocycles. The van der Waals surface area contributed by atoms with Crippen LogP contribution in [0.1, 0.15) is 38.5 Å². The SMILES string of the molecule is O=C(O)CCCCC(=O)N1CCC(Oc2ccc(F)cc2F)CC1. The molecule has 1 aliphatic rings. The number of carbonyl (C=O) groups is 2. The summed E-state index contributed by atoms with van der Waals surface area (Å²) in [6.45, 7) is 1.04. The number of benzene rings is 1. The molecule has 1 N–H and O–H groups in total. The summed E-state index contributed by atoms with van der Waals surface area (Å²) in [5.74, 6) is -2.20. The zero-order chi connectivity index (χ0) is 17.5. The van der Waals surface area contributed by atoms with E-state index in [2.05, 4.69) is 0 Å². The second kappa shape index (κ2) is 8.61. The Labute approximate surface area is 139 Å². The van der Waals surface area contributed by atoms with Crippen LogP contribution in [0.4, 0.5) is 8.78 Å². The lowest BCUT2D eigenvalue weighted by atomic mass is 10.1. The molecule has 1 aromatic rings. The van der Waals surface area contributed by atoms with Crippen molar-refractivity contribution in [3.8, 4) is 5.75 Å². The number of carboxylic acids is 1. The number of hydrogen-bond acceptors (Lipinski definition) is 3. The van der Waals surface area contributed by atoms with Gasteiger partial charge in [-0.15, -0.1) is 0 Å². The zero-order valence-corrected chi connectivity index (χ0v) is 13.3. The molecule has 5 nitrogen and oxygen atoms in total. The van der Waals surface area contributed by atoms with E-state index in [1.807, 2.05) is 0 Å². The number of unbranched alkanes of at least 4 members (excludes halogenated alkanes) is 1. The molecule has 1 aliphatic heterocycles. The standard InChI is InChI=1S/C17H21F2NO4/c18-12-5-6-15(14(19)11-12)24-13-7-9-20(10-8-13)16(21)3-1-2-4-17(22)23/h5-6,11,13H,1-4,7-10H2,(H,22,23). The van der Waals surface area contributed by atoms with E-state index in [0.29, 0.717) is 45.2 Å². The van der Waals surface area contributed by atoms with Crippen molar-refractivity contribution < 1.29 is 28.2 Å². The number of hydrogen-bond donors (Lipinski definition) is 1. The van der Waals surface area contributed by atoms with Crippen molar-refractivity contribution in [2.75, 3.05) is 13.1 Å². The number of aliphatic carboxylic acids is 1. The largest absolute Gasteiger partial charge is 0.487 e. The van der Waals surface area contributed by atoms with Gasteiger partial charge in [0.15, 0.2) is 11.6 Å². The van der Waals surface area contributed by atoms with Gasteiger partial charge in [-0.3, -0.25) is 9.59 Å². The lowest BCUT2D eigenvalue weighted by Crippen LogP contribution is -2.41. The Morgan fingerprint density at radius 2 is 1.83 bits per heavy atom. The van der Waals surface area contributed by atoms with Crippen molar-refractivity contribution in [3.63, 3.8) is 0 Å². The molecule has 1 saturated heterocycles. The van der Waals surface area contributed by atoms with Gasteiger partial charge in [-0.2, -0.15) is 0 Å². The lowest BCUT2D eigenvalue weighted by Gasteiger charge is -2.32. The van der Waals surface area contributed by atoms with E-state index in [-0.39, 0.29) is 24.2 Å². The summed E-state index contributed by atoms with van der Waals surface area (Å²) >= 11 is 0. The van der Waals surface area contributed by atoms with Crippen molar-refractivity contribution in [2.24, 2.45) is 0 Å². The molecule has 0 bridgehead atoms. The summed E-state index contributed by atoms with van der Waals surface area (Å²) in [6.07, 6.45) is 2.42. The number of rotatable bonds is 7. The Morgan fingerprint density at radius 1 is 1.17 bits per heavy atom. The van der Waals surface area contributed by atoms with E-state index in [1.54, 1.807) is 4.90 Å². The average Bonchev–Trinajstić information content (AvgIpc) is 2.54. The van der Waals surface area contributed by atoms with Crippen molar-refractivity contribution in [1.29, 1.82) is 0 Å². The molecule has 1 aromatic carbocycles. The third-order valence-electron chi connectivity index (χ3n) is 4.01. The predicted molar refractivity (Wildman–Crippen MR) is 82.7 cm³/mol. The normalized spacial score (nSPS) is 15.3. The Balaban J connectivity index is 1.72. The van der Waals surface area contributed by atoms with Crippen LogP contribution in [-0.2, 0) is 9.59 Å². The van der Waals surface area contributed by atoms with Gasteiger partial charge in [0.05, 0.1) is 0 Å². The van der Waals surface area contributed by atoms with Crippen molar-refractivity contribution in [1.82, 2.24) is 4.90 Å². The van der Waals surface area contributed by atoms with Crippen LogP contribution >= 0.6 is 0 Å². The number of ether oxygens (including phenoxy) is 1. The molecular formula is C17H21F2NO4. The van der Waals surface area contributed by atoms with Gasteiger partial charge in [0.2, 0.25) is 5.91 Å². The van der Waals surface area contributed by atoms with Gasteiger partial charge < -0.3 is 14.7 Å². The van der Waals surface area contributed by atoms with Crippen molar-refractivity contribution >= 4 is 11.9 Å². The van der Waals surface area contributed by atoms with E-state index in [1.165, 1.54) is 6.07 Å². The van der Waals surface area contributed by atoms with Gasteiger partial charge in [-0.1, -0.05) is 0 Å². The highest BCUT2D eigenvalue weighted by Crippen LogP contribution is 2.23. The summed E-state index contributed by atoms with van der Waals surface area (Å²) in [7, 11) is 0. The highest BCUT2D eigenvalue weighted by molar-refractivity contribution is 5.76. The third-order valence-corrected chi connectivity index (χ3v) is 4.01. The number of amides is 1. The van der Waals surface area contributed by atoms with Gasteiger partial charge in [-0.25, -0.2) is 8.78 Å². The van der Waals surface area contributed by atoms with Gasteiger partial charge in [0, 0.05) is 44.8 Å². The van der Waals surface area contributed by atoms with Crippen LogP contribution < -0.4 is 4.74 Å². The van der Waals surface area contributed by atoms with Crippen LogP contribution in [0.5, 0.6) is 5.75 Å². The highest BCUT2D eigenvalue weighted by atomic mass is 19.1. The van der Waals surface area contributed by atoms with E-state index in [9.17, 15) is 18.4 Å². The molecule has 0 saturated carbocycles. The fourth-order valence-electron chi connectivity index (χ4n) is 2.68. The fraction of sp³-hybridized carbons (Fsp3) is 0.529. The molecule has 0 unspecified atom stereocenters. The molecule has 1 fully saturated rings. The van der Waals surface area contributed by atoms with Gasteiger partial charge >= 0.3 is 5.97 Å². The summed E-state index contributed by atoms with van der Waals surface area (Å²) in [4.78, 5) is 24.2. The highest BCUT2D eigenvalue weighted by Gasteiger charge is 2.24. The summed E-state index contributed by atoms with van der Waals surface area (Å²) in [5, 5.41) is 8.56. The first-order valence-electron chi connectivity index (χ1n) is 8.07. The number of likely N-dealkylation sites (tertiary alicyclic amines) is 1. The molecule has 0 spiro atoms. The number of piperidine rings is 1. The van der Waals surface area contributed by atoms with E-state index >= 15 is 0 Å². The molecule has 0 atom stereocenters. The molecule has 1 heterocycles. The van der Waals surface area contributed by atoms with E-state index in [4.69, 9.17) is 9.84 Å². The maximum atomic E-state index is 13.6. The molecule has 1 amide bonds. The first-order chi connectivity index (χ1) is 11.5. The molecule has 2 rings (SSSR count). The number of nitrogens with zero attached hydrogens (tertiary/aromatic N) is 1. The molecule has 0 radical (unpaired) electrons. The molecule has 7 heteroatoms. The summed E-state index contributed by atoms with van der Waals surface area (Å²) in [6, 6.07) is 3.20. The maximum absolute atomic E-state index is 13.6. The lowest BCUT2D eigenvalue weighted by molar-refractivity contribution is -0.138. The van der Waals surface area contributed by atoms with Crippen LogP contribution in [0.25, 0.3) is 0 Å². The first-order valence-corrected chi connectivity index (χ1v) is 8.07. The number of carbonyl (C=O) groups excluding carboxylic acids is 1. The second-order valence-electron chi connectivity index (χ2n) is 5.87. The fourth-order valence-corrected chi connectivity index (χ4v) is 2.68. The molecule has 0 aliphatic carbocycles. The van der Waals surface area contributed by atoms with Crippen molar-refractivity contribution in [2.45, 2.75) is 44.6 Å². The number of carboxylic acid groups (broad SMARTS) is 1. The van der Waals surface area contributed by atoms with Gasteiger partial charge in [-0.05, 0) is 25.0 Å². The quantitative estimate of drug-likeness (QED) is 0.774. The molecular weight excluding hydrogens is 320 g/mol. The second-order valence-corrected chi connectivity index (χ2v) is 5.87. The minimum atomic E-state index is -0.853. The van der Waals surface area contributed by atoms with Crippen LogP contribution in [0, 0.1) is 11.6 Å². The Hall–Kier alpha value is -2.18. The minimum absolute atomic E-state index is 0.00630. The summed E-state index contributed by atoms with van der Waals surface area (Å²) < 4.78 is 32.0. The monoisotopic (exact) mass is 341 g/mol. The Bertz CT molecular complexity index is 586. The number of halogens is 2. The van der Waals surface area contributed by atoms with Gasteiger partial charge in [0.25, 0.3) is 0 Å². The average molecular weight is 341 g/mol. The molecule has 24 heavy (non-hydrogen) atoms. The summed E-state index contributed by atoms with van der Waals surface area (Å²) in [5.41, 5.74) is 0. The smallest absolute Gasteiger partial charge is 0.303 e. The third kappa shape index (κ3) is 5.47. The van der Waals surface area contributed by atoms with Crippen LogP contribution in [0.15, 0.2) is 18.2 Å². The Morgan fingerprint density at radius 3 is 2.46 bits per heavy atom. The van der Waals surface area contributed by atoms with E-state index < -0.39 is 17.6 Å². The van der Waals surface area contributed by atoms with E-state index in [0.717, 1.165) is 12.1 Å². The predicted octanol–water partition coefficient (Wildman–Crippen LogP) is 2.98. The topological polar surface area (TPSA) is 66.8 Å². The first kappa shape index (κ1) is 18.2. The van der Waals surface area contributed by atoms with Gasteiger partial charge in [0.1, 0.15) is 11.9 Å². The maximum Gasteiger partial charge on any atom is 0.303 e. The Kier molecular flexibility index (Phi) is 6.52. The van der Waals surface area contributed by atoms with Crippen molar-refractivity contribution in [3.05, 3.63) is 29.8 Å². The molecule has 132 valence electrons. The van der Waals surface area contributed by atoms with Crippen LogP contribution in [0.2, 0.25) is 0 Å². The van der Waals surface area contributed by atoms with Crippen LogP contribution in [-0.4, -0.2) is 41.1 Å². The minimum Gasteiger partial charge on any atom is -0.487 e. The zero-order valence-electron chi connectivity index (χ0n) is 13.3.